The smallest absolute Gasteiger partial charge is 0.355 e. The van der Waals surface area contributed by atoms with E-state index in [1.54, 1.807) is 42.7 Å². The van der Waals surface area contributed by atoms with Crippen molar-refractivity contribution in [3.63, 3.8) is 0 Å². The molecule has 0 heterocycles. The molecule has 0 N–H and O–H groups in total. The van der Waals surface area contributed by atoms with Crippen molar-refractivity contribution in [2.45, 2.75) is 51.9 Å². The monoisotopic (exact) mass is 518 g/mol. The summed E-state index contributed by atoms with van der Waals surface area (Å²) in [7, 11) is -1.08. The van der Waals surface area contributed by atoms with Crippen molar-refractivity contribution in [2.24, 2.45) is 0 Å². The number of rotatable bonds is 20. The second kappa shape index (κ2) is 15.4. The summed E-state index contributed by atoms with van der Waals surface area (Å²) >= 11 is 0. The number of hydrogen-bond acceptors (Lipinski definition) is 9. The molecule has 13 heteroatoms. The molecule has 0 aromatic carbocycles. The van der Waals surface area contributed by atoms with E-state index in [1.165, 1.54) is 0 Å². The Balaban J connectivity index is 6.28. The maximum absolute atomic E-state index is 7.00. The molecule has 0 bridgehead atoms. The number of ether oxygens (including phenoxy) is 4. The van der Waals surface area contributed by atoms with E-state index >= 15 is 0 Å². The van der Waals surface area contributed by atoms with Gasteiger partial charge in [-0.2, -0.15) is 0 Å². The van der Waals surface area contributed by atoms with Gasteiger partial charge in [0, 0.05) is 42.7 Å². The minimum atomic E-state index is -2.91. The first kappa shape index (κ1) is 31.5. The lowest BCUT2D eigenvalue weighted by molar-refractivity contribution is 0.131. The Morgan fingerprint density at radius 3 is 0.806 bits per heavy atom. The number of hydrogen-bond donors (Lipinski definition) is 0. The zero-order chi connectivity index (χ0) is 24.0. The Labute approximate surface area is 193 Å². The highest BCUT2D eigenvalue weighted by Crippen LogP contribution is 2.31. The van der Waals surface area contributed by atoms with Gasteiger partial charge in [0.1, 0.15) is 0 Å². The second-order valence-electron chi connectivity index (χ2n) is 7.50. The van der Waals surface area contributed by atoms with Gasteiger partial charge in [0.15, 0.2) is 0 Å². The Bertz CT molecular complexity index is 429. The zero-order valence-corrected chi connectivity index (χ0v) is 25.3. The predicted octanol–water partition coefficient (Wildman–Crippen LogP) is 2.92. The molecule has 0 amide bonds. The van der Waals surface area contributed by atoms with E-state index in [2.05, 4.69) is 27.7 Å². The van der Waals surface area contributed by atoms with Crippen LogP contribution in [-0.2, 0) is 40.1 Å². The summed E-state index contributed by atoms with van der Waals surface area (Å²) in [5, 5.41) is 0. The maximum atomic E-state index is 7.00. The van der Waals surface area contributed by atoms with Crippen molar-refractivity contribution >= 4 is 34.2 Å². The average Bonchev–Trinajstić information content (AvgIpc) is 2.78. The summed E-state index contributed by atoms with van der Waals surface area (Å²) < 4.78 is 54.7. The van der Waals surface area contributed by atoms with E-state index in [-0.39, 0.29) is 0 Å². The highest BCUT2D eigenvalue weighted by atomic mass is 28.5. The molecule has 188 valence electrons. The molecule has 4 unspecified atom stereocenters. The third-order valence-electron chi connectivity index (χ3n) is 5.47. The molecule has 0 fully saturated rings. The van der Waals surface area contributed by atoms with E-state index in [1.807, 2.05) is 0 Å². The quantitative estimate of drug-likeness (QED) is 0.226. The molecule has 0 aliphatic carbocycles. The molecular formula is C18H46O9Si4. The molecule has 0 aliphatic rings. The largest absolute Gasteiger partial charge is 0.413 e. The molecule has 0 aromatic rings. The maximum Gasteiger partial charge on any atom is 0.355 e. The Kier molecular flexibility index (Phi) is 15.7. The van der Waals surface area contributed by atoms with Crippen LogP contribution >= 0.6 is 0 Å². The lowest BCUT2D eigenvalue weighted by atomic mass is 11.0. The van der Waals surface area contributed by atoms with Gasteiger partial charge in [-0.3, -0.25) is 0 Å². The standard InChI is InChI=1S/C18H46O9Si4/c1-11-28(23-9,15-19-5)25-30(13-3,17-21-7)27-31(14-4,18-22-8)26-29(12-2,24-10)16-20-6/h11-18H2,1-10H3. The van der Waals surface area contributed by atoms with Crippen LogP contribution in [0.4, 0.5) is 0 Å². The summed E-state index contributed by atoms with van der Waals surface area (Å²) in [5.74, 6) is 0. The minimum Gasteiger partial charge on any atom is -0.413 e. The third-order valence-corrected chi connectivity index (χ3v) is 23.1. The molecule has 0 spiro atoms. The van der Waals surface area contributed by atoms with E-state index < -0.39 is 34.2 Å². The van der Waals surface area contributed by atoms with Gasteiger partial charge in [-0.15, -0.1) is 0 Å². The van der Waals surface area contributed by atoms with Crippen molar-refractivity contribution in [3.8, 4) is 0 Å². The summed E-state index contributed by atoms with van der Waals surface area (Å²) in [6.07, 6.45) is 1.57. The average molecular weight is 519 g/mol. The second-order valence-corrected chi connectivity index (χ2v) is 22.0. The van der Waals surface area contributed by atoms with Crippen molar-refractivity contribution in [3.05, 3.63) is 0 Å². The fraction of sp³-hybridized carbons (Fsp3) is 1.00. The van der Waals surface area contributed by atoms with E-state index in [0.717, 1.165) is 12.1 Å². The van der Waals surface area contributed by atoms with Crippen molar-refractivity contribution in [1.82, 2.24) is 0 Å². The van der Waals surface area contributed by atoms with Gasteiger partial charge < -0.3 is 40.1 Å². The summed E-state index contributed by atoms with van der Waals surface area (Å²) in [4.78, 5) is 0. The molecule has 0 saturated heterocycles. The van der Waals surface area contributed by atoms with Gasteiger partial charge >= 0.3 is 34.2 Å². The normalized spacial score (nSPS) is 19.9. The van der Waals surface area contributed by atoms with Gasteiger partial charge in [-0.05, 0) is 24.2 Å². The van der Waals surface area contributed by atoms with Gasteiger partial charge in [-0.25, -0.2) is 0 Å². The molecule has 0 aliphatic heterocycles. The molecule has 0 radical (unpaired) electrons. The fourth-order valence-electron chi connectivity index (χ4n) is 3.45. The van der Waals surface area contributed by atoms with Gasteiger partial charge in [-0.1, -0.05) is 27.7 Å². The van der Waals surface area contributed by atoms with Crippen LogP contribution in [0.25, 0.3) is 0 Å². The molecule has 0 aromatic heterocycles. The number of methoxy groups -OCH3 is 4. The highest BCUT2D eigenvalue weighted by molar-refractivity contribution is 6.89. The van der Waals surface area contributed by atoms with Crippen LogP contribution in [0, 0.1) is 0 Å². The zero-order valence-electron chi connectivity index (χ0n) is 21.3. The Morgan fingerprint density at radius 2 is 0.613 bits per heavy atom. The third kappa shape index (κ3) is 8.99. The molecule has 4 atom stereocenters. The summed E-state index contributed by atoms with van der Waals surface area (Å²) in [5.41, 5.74) is 0. The first-order chi connectivity index (χ1) is 14.7. The van der Waals surface area contributed by atoms with Crippen LogP contribution < -0.4 is 0 Å². The van der Waals surface area contributed by atoms with Gasteiger partial charge in [0.2, 0.25) is 0 Å². The first-order valence-electron chi connectivity index (χ1n) is 10.9. The van der Waals surface area contributed by atoms with Crippen LogP contribution in [0.3, 0.4) is 0 Å². The Hall–Kier alpha value is 0.508. The molecule has 31 heavy (non-hydrogen) atoms. The van der Waals surface area contributed by atoms with E-state index in [0.29, 0.717) is 37.0 Å². The first-order valence-corrected chi connectivity index (χ1v) is 19.8. The van der Waals surface area contributed by atoms with Crippen LogP contribution in [0.15, 0.2) is 0 Å². The molecular weight excluding hydrogens is 473 g/mol. The highest BCUT2D eigenvalue weighted by Gasteiger charge is 2.56. The van der Waals surface area contributed by atoms with Crippen LogP contribution in [0.1, 0.15) is 27.7 Å². The van der Waals surface area contributed by atoms with E-state index in [4.69, 9.17) is 40.1 Å². The Morgan fingerprint density at radius 1 is 0.387 bits per heavy atom. The van der Waals surface area contributed by atoms with Gasteiger partial charge in [0.25, 0.3) is 0 Å². The topological polar surface area (TPSA) is 83.1 Å². The molecule has 9 nitrogen and oxygen atoms in total. The lowest BCUT2D eigenvalue weighted by Crippen LogP contribution is -2.68. The van der Waals surface area contributed by atoms with Crippen molar-refractivity contribution in [1.29, 1.82) is 0 Å². The van der Waals surface area contributed by atoms with Crippen molar-refractivity contribution in [2.75, 3.05) is 67.6 Å². The van der Waals surface area contributed by atoms with Crippen LogP contribution in [0.5, 0.6) is 0 Å². The van der Waals surface area contributed by atoms with Crippen molar-refractivity contribution < 1.29 is 40.1 Å². The molecule has 0 rings (SSSR count). The minimum absolute atomic E-state index is 0.366. The summed E-state index contributed by atoms with van der Waals surface area (Å²) in [6.45, 7) is 8.26. The van der Waals surface area contributed by atoms with Gasteiger partial charge in [0.05, 0.1) is 24.9 Å². The SMILES string of the molecule is CC[Si](COC)(OC)O[Si](CC)(COC)O[Si](CC)(COC)O[Si](CC)(COC)OC. The van der Waals surface area contributed by atoms with Crippen LogP contribution in [0.2, 0.25) is 24.2 Å². The lowest BCUT2D eigenvalue weighted by Gasteiger charge is -2.46. The van der Waals surface area contributed by atoms with Crippen LogP contribution in [-0.4, -0.2) is 102 Å². The van der Waals surface area contributed by atoms with E-state index in [9.17, 15) is 0 Å². The molecule has 0 saturated carbocycles. The predicted molar refractivity (Wildman–Crippen MR) is 130 cm³/mol. The summed E-state index contributed by atoms with van der Waals surface area (Å²) in [6, 6.07) is 2.84. The fourth-order valence-corrected chi connectivity index (χ4v) is 21.6.